The van der Waals surface area contributed by atoms with E-state index in [9.17, 15) is 4.79 Å². The Hall–Kier alpha value is 0.160. The van der Waals surface area contributed by atoms with Crippen molar-refractivity contribution in [3.05, 3.63) is 0 Å². The standard InChI is InChI=1S/C6H10INO2/c7-6(5(9)10)1-3-8-4-2-6/h8H,1-4H2,(H,9,10). The number of rotatable bonds is 1. The summed E-state index contributed by atoms with van der Waals surface area (Å²) < 4.78 is -0.497. The summed E-state index contributed by atoms with van der Waals surface area (Å²) >= 11 is 2.04. The van der Waals surface area contributed by atoms with Gasteiger partial charge in [-0.1, -0.05) is 22.6 Å². The van der Waals surface area contributed by atoms with E-state index in [2.05, 4.69) is 5.32 Å². The van der Waals surface area contributed by atoms with E-state index in [0.29, 0.717) is 0 Å². The van der Waals surface area contributed by atoms with Crippen molar-refractivity contribution in [2.24, 2.45) is 0 Å². The van der Waals surface area contributed by atoms with Gasteiger partial charge in [-0.05, 0) is 25.9 Å². The van der Waals surface area contributed by atoms with Crippen molar-refractivity contribution in [3.8, 4) is 0 Å². The molecule has 3 nitrogen and oxygen atoms in total. The molecule has 0 unspecified atom stereocenters. The Morgan fingerprint density at radius 1 is 1.50 bits per heavy atom. The zero-order valence-corrected chi connectivity index (χ0v) is 7.72. The van der Waals surface area contributed by atoms with Crippen LogP contribution in [0.4, 0.5) is 0 Å². The largest absolute Gasteiger partial charge is 0.480 e. The Morgan fingerprint density at radius 2 is 2.00 bits per heavy atom. The second-order valence-electron chi connectivity index (χ2n) is 2.52. The fourth-order valence-electron chi connectivity index (χ4n) is 1.04. The Balaban J connectivity index is 2.56. The zero-order valence-electron chi connectivity index (χ0n) is 5.56. The summed E-state index contributed by atoms with van der Waals surface area (Å²) in [7, 11) is 0. The average Bonchev–Trinajstić information content (AvgIpc) is 1.89. The molecule has 0 saturated carbocycles. The SMILES string of the molecule is O=C(O)C1(I)CCNCC1. The number of hydrogen-bond acceptors (Lipinski definition) is 2. The zero-order chi connectivity index (χ0) is 7.61. The molecule has 0 atom stereocenters. The van der Waals surface area contributed by atoms with Gasteiger partial charge < -0.3 is 10.4 Å². The minimum atomic E-state index is -0.672. The molecular formula is C6H10INO2. The predicted octanol–water partition coefficient (Wildman–Crippen LogP) is 0.628. The van der Waals surface area contributed by atoms with Gasteiger partial charge in [-0.25, -0.2) is 0 Å². The van der Waals surface area contributed by atoms with Crippen LogP contribution in [0.5, 0.6) is 0 Å². The Bertz CT molecular complexity index is 143. The lowest BCUT2D eigenvalue weighted by atomic mass is 9.98. The van der Waals surface area contributed by atoms with Crippen molar-refractivity contribution >= 4 is 28.6 Å². The second kappa shape index (κ2) is 3.04. The predicted molar refractivity (Wildman–Crippen MR) is 46.5 cm³/mol. The molecule has 0 aromatic heterocycles. The summed E-state index contributed by atoms with van der Waals surface area (Å²) in [5.41, 5.74) is 0. The van der Waals surface area contributed by atoms with Crippen LogP contribution in [0.15, 0.2) is 0 Å². The first-order valence-electron chi connectivity index (χ1n) is 3.28. The molecule has 0 bridgehead atoms. The van der Waals surface area contributed by atoms with Crippen molar-refractivity contribution in [3.63, 3.8) is 0 Å². The molecule has 10 heavy (non-hydrogen) atoms. The summed E-state index contributed by atoms with van der Waals surface area (Å²) in [6.45, 7) is 1.66. The third kappa shape index (κ3) is 1.60. The molecule has 1 aliphatic heterocycles. The lowest BCUT2D eigenvalue weighted by Gasteiger charge is -2.27. The number of aliphatic carboxylic acids is 1. The summed E-state index contributed by atoms with van der Waals surface area (Å²) in [4.78, 5) is 10.6. The molecule has 1 heterocycles. The first-order chi connectivity index (χ1) is 4.65. The fraction of sp³-hybridized carbons (Fsp3) is 0.833. The molecule has 58 valence electrons. The number of halogens is 1. The van der Waals surface area contributed by atoms with Crippen molar-refractivity contribution < 1.29 is 9.90 Å². The van der Waals surface area contributed by atoms with E-state index in [1.165, 1.54) is 0 Å². The Labute approximate surface area is 73.3 Å². The number of nitrogens with one attached hydrogen (secondary N) is 1. The van der Waals surface area contributed by atoms with E-state index in [1.54, 1.807) is 0 Å². The number of piperidine rings is 1. The molecule has 0 aliphatic carbocycles. The molecule has 2 N–H and O–H groups in total. The van der Waals surface area contributed by atoms with E-state index in [0.717, 1.165) is 25.9 Å². The van der Waals surface area contributed by atoms with Crippen LogP contribution >= 0.6 is 22.6 Å². The van der Waals surface area contributed by atoms with Gasteiger partial charge in [0.05, 0.1) is 0 Å². The molecule has 4 heteroatoms. The summed E-state index contributed by atoms with van der Waals surface area (Å²) in [6.07, 6.45) is 1.48. The molecule has 0 aromatic rings. The molecule has 1 aliphatic rings. The Morgan fingerprint density at radius 3 is 2.30 bits per heavy atom. The van der Waals surface area contributed by atoms with Crippen LogP contribution in [0, 0.1) is 0 Å². The third-order valence-electron chi connectivity index (χ3n) is 1.78. The van der Waals surface area contributed by atoms with Crippen LogP contribution in [-0.2, 0) is 4.79 Å². The lowest BCUT2D eigenvalue weighted by molar-refractivity contribution is -0.139. The lowest BCUT2D eigenvalue weighted by Crippen LogP contribution is -2.42. The van der Waals surface area contributed by atoms with Crippen LogP contribution < -0.4 is 5.32 Å². The van der Waals surface area contributed by atoms with Crippen LogP contribution in [0.3, 0.4) is 0 Å². The maximum absolute atomic E-state index is 10.6. The van der Waals surface area contributed by atoms with Gasteiger partial charge in [0.1, 0.15) is 3.42 Å². The fourth-order valence-corrected chi connectivity index (χ4v) is 1.58. The normalized spacial score (nSPS) is 24.1. The van der Waals surface area contributed by atoms with Gasteiger partial charge in [0, 0.05) is 0 Å². The first kappa shape index (κ1) is 8.26. The third-order valence-corrected chi connectivity index (χ3v) is 3.32. The summed E-state index contributed by atoms with van der Waals surface area (Å²) in [5.74, 6) is -0.672. The average molecular weight is 255 g/mol. The number of alkyl halides is 1. The molecule has 0 amide bonds. The first-order valence-corrected chi connectivity index (χ1v) is 4.36. The summed E-state index contributed by atoms with van der Waals surface area (Å²) in [5, 5.41) is 11.9. The summed E-state index contributed by atoms with van der Waals surface area (Å²) in [6, 6.07) is 0. The molecular weight excluding hydrogens is 245 g/mol. The molecule has 1 fully saturated rings. The quantitative estimate of drug-likeness (QED) is 0.533. The van der Waals surface area contributed by atoms with Crippen LogP contribution in [0.1, 0.15) is 12.8 Å². The van der Waals surface area contributed by atoms with Gasteiger partial charge in [-0.2, -0.15) is 0 Å². The molecule has 0 radical (unpaired) electrons. The highest BCUT2D eigenvalue weighted by molar-refractivity contribution is 14.1. The van der Waals surface area contributed by atoms with Crippen LogP contribution in [0.25, 0.3) is 0 Å². The van der Waals surface area contributed by atoms with E-state index in [4.69, 9.17) is 5.11 Å². The second-order valence-corrected chi connectivity index (χ2v) is 4.59. The van der Waals surface area contributed by atoms with Gasteiger partial charge in [-0.3, -0.25) is 4.79 Å². The highest BCUT2D eigenvalue weighted by atomic mass is 127. The highest BCUT2D eigenvalue weighted by Gasteiger charge is 2.36. The van der Waals surface area contributed by atoms with Crippen molar-refractivity contribution in [1.82, 2.24) is 5.32 Å². The monoisotopic (exact) mass is 255 g/mol. The van der Waals surface area contributed by atoms with E-state index < -0.39 is 9.39 Å². The number of carboxylic acid groups (broad SMARTS) is 1. The van der Waals surface area contributed by atoms with Gasteiger partial charge >= 0.3 is 5.97 Å². The van der Waals surface area contributed by atoms with Gasteiger partial charge in [-0.15, -0.1) is 0 Å². The highest BCUT2D eigenvalue weighted by Crippen LogP contribution is 2.29. The minimum Gasteiger partial charge on any atom is -0.480 e. The number of hydrogen-bond donors (Lipinski definition) is 2. The van der Waals surface area contributed by atoms with Gasteiger partial charge in [0.25, 0.3) is 0 Å². The smallest absolute Gasteiger partial charge is 0.319 e. The van der Waals surface area contributed by atoms with Gasteiger partial charge in [0.2, 0.25) is 0 Å². The van der Waals surface area contributed by atoms with E-state index in [1.807, 2.05) is 22.6 Å². The minimum absolute atomic E-state index is 0.497. The molecule has 1 saturated heterocycles. The van der Waals surface area contributed by atoms with Crippen molar-refractivity contribution in [2.75, 3.05) is 13.1 Å². The van der Waals surface area contributed by atoms with Crippen molar-refractivity contribution in [2.45, 2.75) is 16.3 Å². The van der Waals surface area contributed by atoms with Crippen LogP contribution in [0.2, 0.25) is 0 Å². The van der Waals surface area contributed by atoms with Gasteiger partial charge in [0.15, 0.2) is 0 Å². The number of carbonyl (C=O) groups is 1. The van der Waals surface area contributed by atoms with E-state index in [-0.39, 0.29) is 0 Å². The molecule has 1 rings (SSSR count). The number of carboxylic acids is 1. The molecule has 0 aromatic carbocycles. The maximum atomic E-state index is 10.6. The van der Waals surface area contributed by atoms with Crippen molar-refractivity contribution in [1.29, 1.82) is 0 Å². The molecule has 0 spiro atoms. The van der Waals surface area contributed by atoms with E-state index >= 15 is 0 Å². The van der Waals surface area contributed by atoms with Crippen LogP contribution in [-0.4, -0.2) is 27.6 Å². The topological polar surface area (TPSA) is 49.3 Å². The maximum Gasteiger partial charge on any atom is 0.319 e. The Kier molecular flexibility index (Phi) is 2.51.